The van der Waals surface area contributed by atoms with Crippen molar-refractivity contribution < 1.29 is 8.42 Å². The van der Waals surface area contributed by atoms with Gasteiger partial charge in [-0.3, -0.25) is 0 Å². The van der Waals surface area contributed by atoms with E-state index in [9.17, 15) is 8.42 Å². The van der Waals surface area contributed by atoms with Gasteiger partial charge < -0.3 is 5.43 Å². The quantitative estimate of drug-likeness (QED) is 0.630. The van der Waals surface area contributed by atoms with E-state index >= 15 is 0 Å². The molecule has 94 valence electrons. The van der Waals surface area contributed by atoms with Crippen molar-refractivity contribution in [2.45, 2.75) is 17.7 Å². The van der Waals surface area contributed by atoms with Crippen LogP contribution >= 0.6 is 11.6 Å². The molecule has 1 fully saturated rings. The van der Waals surface area contributed by atoms with Gasteiger partial charge in [0.1, 0.15) is 4.90 Å². The molecule has 1 aliphatic heterocycles. The highest BCUT2D eigenvalue weighted by molar-refractivity contribution is 7.89. The molecular weight excluding hydrogens is 264 g/mol. The molecule has 1 saturated heterocycles. The van der Waals surface area contributed by atoms with Gasteiger partial charge in [-0.05, 0) is 18.9 Å². The first-order valence-electron chi connectivity index (χ1n) is 5.18. The number of aromatic nitrogens is 1. The third-order valence-corrected chi connectivity index (χ3v) is 4.81. The second-order valence-corrected chi connectivity index (χ2v) is 6.10. The summed E-state index contributed by atoms with van der Waals surface area (Å²) < 4.78 is 25.8. The zero-order valence-corrected chi connectivity index (χ0v) is 10.6. The standard InChI is InChI=1S/C9H13ClN4O2S/c10-8-5-7(6-12-9(8)13-11)17(15,16)14-3-1-2-4-14/h5-6H,1-4,11H2,(H,12,13). The molecule has 0 aromatic carbocycles. The van der Waals surface area contributed by atoms with Crippen molar-refractivity contribution in [1.82, 2.24) is 9.29 Å². The molecule has 1 aliphatic rings. The Labute approximate surface area is 105 Å². The molecule has 1 aromatic rings. The molecule has 8 heteroatoms. The number of sulfonamides is 1. The topological polar surface area (TPSA) is 88.3 Å². The lowest BCUT2D eigenvalue weighted by molar-refractivity contribution is 0.477. The third kappa shape index (κ3) is 2.37. The number of anilines is 1. The Kier molecular flexibility index (Phi) is 3.53. The van der Waals surface area contributed by atoms with Crippen LogP contribution < -0.4 is 11.3 Å². The first kappa shape index (κ1) is 12.6. The number of nitrogens with one attached hydrogen (secondary N) is 1. The van der Waals surface area contributed by atoms with E-state index in [0.29, 0.717) is 13.1 Å². The highest BCUT2D eigenvalue weighted by Gasteiger charge is 2.27. The van der Waals surface area contributed by atoms with Gasteiger partial charge in [0.15, 0.2) is 5.82 Å². The summed E-state index contributed by atoms with van der Waals surface area (Å²) in [6, 6.07) is 1.36. The average molecular weight is 277 g/mol. The predicted octanol–water partition coefficient (Wildman–Crippen LogP) is 0.805. The number of rotatable bonds is 3. The normalized spacial score (nSPS) is 17.3. The fourth-order valence-corrected chi connectivity index (χ4v) is 3.52. The zero-order chi connectivity index (χ0) is 12.5. The van der Waals surface area contributed by atoms with E-state index in [1.165, 1.54) is 16.6 Å². The van der Waals surface area contributed by atoms with Crippen LogP contribution in [0, 0.1) is 0 Å². The fourth-order valence-electron chi connectivity index (χ4n) is 1.75. The molecule has 2 rings (SSSR count). The smallest absolute Gasteiger partial charge is 0.244 e. The molecule has 0 spiro atoms. The third-order valence-electron chi connectivity index (χ3n) is 2.66. The van der Waals surface area contributed by atoms with Crippen molar-refractivity contribution in [3.8, 4) is 0 Å². The van der Waals surface area contributed by atoms with Gasteiger partial charge in [-0.1, -0.05) is 11.6 Å². The van der Waals surface area contributed by atoms with Crippen molar-refractivity contribution in [2.24, 2.45) is 5.84 Å². The summed E-state index contributed by atoms with van der Waals surface area (Å²) in [5.41, 5.74) is 2.29. The van der Waals surface area contributed by atoms with E-state index < -0.39 is 10.0 Å². The van der Waals surface area contributed by atoms with Crippen molar-refractivity contribution in [3.63, 3.8) is 0 Å². The number of nitrogens with two attached hydrogens (primary N) is 1. The molecule has 0 bridgehead atoms. The second kappa shape index (κ2) is 4.77. The van der Waals surface area contributed by atoms with Gasteiger partial charge in [0.05, 0.1) is 5.02 Å². The minimum Gasteiger partial charge on any atom is -0.307 e. The first-order chi connectivity index (χ1) is 8.05. The van der Waals surface area contributed by atoms with Crippen LogP contribution in [0.3, 0.4) is 0 Å². The van der Waals surface area contributed by atoms with Gasteiger partial charge in [0, 0.05) is 19.3 Å². The van der Waals surface area contributed by atoms with Crippen molar-refractivity contribution in [1.29, 1.82) is 0 Å². The molecule has 0 atom stereocenters. The fraction of sp³-hybridized carbons (Fsp3) is 0.444. The molecule has 0 saturated carbocycles. The van der Waals surface area contributed by atoms with Crippen LogP contribution in [0.25, 0.3) is 0 Å². The maximum atomic E-state index is 12.2. The van der Waals surface area contributed by atoms with E-state index in [1.807, 2.05) is 0 Å². The summed E-state index contributed by atoms with van der Waals surface area (Å²) in [6.07, 6.45) is 3.04. The first-order valence-corrected chi connectivity index (χ1v) is 7.00. The lowest BCUT2D eigenvalue weighted by Gasteiger charge is -2.15. The molecule has 6 nitrogen and oxygen atoms in total. The summed E-state index contributed by atoms with van der Waals surface area (Å²) in [5.74, 6) is 5.43. The Hall–Kier alpha value is -0.890. The number of hydrazine groups is 1. The van der Waals surface area contributed by atoms with Crippen LogP contribution in [0.15, 0.2) is 17.2 Å². The lowest BCUT2D eigenvalue weighted by Crippen LogP contribution is -2.28. The van der Waals surface area contributed by atoms with E-state index in [0.717, 1.165) is 12.8 Å². The Morgan fingerprint density at radius 1 is 1.41 bits per heavy atom. The van der Waals surface area contributed by atoms with Crippen LogP contribution in [-0.4, -0.2) is 30.8 Å². The Balaban J connectivity index is 2.36. The predicted molar refractivity (Wildman–Crippen MR) is 65.0 cm³/mol. The molecule has 0 aliphatic carbocycles. The Morgan fingerprint density at radius 2 is 2.06 bits per heavy atom. The molecule has 0 unspecified atom stereocenters. The largest absolute Gasteiger partial charge is 0.307 e. The Morgan fingerprint density at radius 3 is 2.59 bits per heavy atom. The van der Waals surface area contributed by atoms with E-state index in [2.05, 4.69) is 10.4 Å². The lowest BCUT2D eigenvalue weighted by atomic mass is 10.4. The summed E-state index contributed by atoms with van der Waals surface area (Å²) in [7, 11) is -3.47. The van der Waals surface area contributed by atoms with Gasteiger partial charge in [0.25, 0.3) is 0 Å². The van der Waals surface area contributed by atoms with Crippen LogP contribution in [0.5, 0.6) is 0 Å². The summed E-state index contributed by atoms with van der Waals surface area (Å²) in [4.78, 5) is 3.96. The summed E-state index contributed by atoms with van der Waals surface area (Å²) >= 11 is 5.85. The number of hydrogen-bond donors (Lipinski definition) is 2. The minimum atomic E-state index is -3.47. The highest BCUT2D eigenvalue weighted by Crippen LogP contribution is 2.25. The van der Waals surface area contributed by atoms with Crippen LogP contribution in [-0.2, 0) is 10.0 Å². The van der Waals surface area contributed by atoms with Crippen LogP contribution in [0.1, 0.15) is 12.8 Å². The molecule has 3 N–H and O–H groups in total. The molecule has 0 radical (unpaired) electrons. The molecule has 17 heavy (non-hydrogen) atoms. The average Bonchev–Trinajstić information content (AvgIpc) is 2.83. The summed E-state index contributed by atoms with van der Waals surface area (Å²) in [5, 5.41) is 0.188. The van der Waals surface area contributed by atoms with Crippen molar-refractivity contribution in [2.75, 3.05) is 18.5 Å². The number of nitrogen functional groups attached to an aromatic ring is 1. The van der Waals surface area contributed by atoms with Gasteiger partial charge in [0.2, 0.25) is 10.0 Å². The number of hydrogen-bond acceptors (Lipinski definition) is 5. The van der Waals surface area contributed by atoms with E-state index in [1.54, 1.807) is 0 Å². The van der Waals surface area contributed by atoms with Crippen LogP contribution in [0.2, 0.25) is 5.02 Å². The minimum absolute atomic E-state index is 0.100. The monoisotopic (exact) mass is 276 g/mol. The SMILES string of the molecule is NNc1ncc(S(=O)(=O)N2CCCC2)cc1Cl. The zero-order valence-electron chi connectivity index (χ0n) is 9.06. The van der Waals surface area contributed by atoms with E-state index in [4.69, 9.17) is 17.4 Å². The number of nitrogens with zero attached hydrogens (tertiary/aromatic N) is 2. The second-order valence-electron chi connectivity index (χ2n) is 3.76. The molecule has 2 heterocycles. The van der Waals surface area contributed by atoms with Crippen molar-refractivity contribution >= 4 is 27.4 Å². The van der Waals surface area contributed by atoms with Crippen LogP contribution in [0.4, 0.5) is 5.82 Å². The molecule has 1 aromatic heterocycles. The van der Waals surface area contributed by atoms with Gasteiger partial charge in [-0.2, -0.15) is 4.31 Å². The highest BCUT2D eigenvalue weighted by atomic mass is 35.5. The maximum Gasteiger partial charge on any atom is 0.244 e. The van der Waals surface area contributed by atoms with E-state index in [-0.39, 0.29) is 15.7 Å². The van der Waals surface area contributed by atoms with Gasteiger partial charge >= 0.3 is 0 Å². The summed E-state index contributed by atoms with van der Waals surface area (Å²) in [6.45, 7) is 1.10. The maximum absolute atomic E-state index is 12.2. The van der Waals surface area contributed by atoms with Gasteiger partial charge in [-0.15, -0.1) is 0 Å². The Bertz CT molecular complexity index is 514. The number of pyridine rings is 1. The molecule has 0 amide bonds. The van der Waals surface area contributed by atoms with Crippen molar-refractivity contribution in [3.05, 3.63) is 17.3 Å². The van der Waals surface area contributed by atoms with Gasteiger partial charge in [-0.25, -0.2) is 19.2 Å². The number of halogens is 1. The molecular formula is C9H13ClN4O2S.